The van der Waals surface area contributed by atoms with E-state index >= 15 is 0 Å². The molecular formula is C3H7OP. The van der Waals surface area contributed by atoms with Gasteiger partial charge in [-0.2, -0.15) is 0 Å². The Morgan fingerprint density at radius 3 is 2.00 bits per heavy atom. The van der Waals surface area contributed by atoms with Crippen LogP contribution in [0.25, 0.3) is 0 Å². The monoisotopic (exact) mass is 90.0 g/mol. The first-order valence-electron chi connectivity index (χ1n) is 1.45. The summed E-state index contributed by atoms with van der Waals surface area (Å²) >= 11 is 0. The lowest BCUT2D eigenvalue weighted by atomic mass is 10.9. The second kappa shape index (κ2) is 2.34. The Labute approximate surface area is 33.5 Å². The molecule has 0 aliphatic rings. The molecule has 0 fully saturated rings. The predicted molar refractivity (Wildman–Crippen MR) is 24.9 cm³/mol. The number of hydrogen-bond donors (Lipinski definition) is 0. The molecule has 0 heterocycles. The van der Waals surface area contributed by atoms with Gasteiger partial charge in [-0.05, 0) is 13.6 Å². The number of carbonyl (C=O) groups is 1. The van der Waals surface area contributed by atoms with Crippen LogP contribution in [0.3, 0.4) is 0 Å². The minimum absolute atomic E-state index is 0.282. The number of hydrogen-bond acceptors (Lipinski definition) is 1. The van der Waals surface area contributed by atoms with Gasteiger partial charge in [0.2, 0.25) is 0 Å². The molecular weight excluding hydrogens is 83.0 g/mol. The molecule has 0 saturated heterocycles. The quantitative estimate of drug-likeness (QED) is 0.436. The van der Waals surface area contributed by atoms with Crippen molar-refractivity contribution in [3.63, 3.8) is 0 Å². The van der Waals surface area contributed by atoms with E-state index in [2.05, 4.69) is 0 Å². The van der Waals surface area contributed by atoms with Gasteiger partial charge in [0, 0.05) is 0 Å². The standard InChI is InChI=1S/C3H7OP/c1-3(4)5-2/h5H,1-2H3. The highest BCUT2D eigenvalue weighted by atomic mass is 31.1. The Kier molecular flexibility index (Phi) is 2.39. The van der Waals surface area contributed by atoms with Gasteiger partial charge in [0.1, 0.15) is 5.52 Å². The summed E-state index contributed by atoms with van der Waals surface area (Å²) in [5.74, 6) is 0. The minimum Gasteiger partial charge on any atom is -0.295 e. The van der Waals surface area contributed by atoms with Gasteiger partial charge in [0.05, 0.1) is 0 Å². The van der Waals surface area contributed by atoms with Crippen molar-refractivity contribution >= 4 is 14.1 Å². The molecule has 1 unspecified atom stereocenters. The van der Waals surface area contributed by atoms with E-state index in [0.29, 0.717) is 8.58 Å². The molecule has 2 heteroatoms. The van der Waals surface area contributed by atoms with Crippen molar-refractivity contribution in [1.29, 1.82) is 0 Å². The fourth-order valence-corrected chi connectivity index (χ4v) is 0. The van der Waals surface area contributed by atoms with Crippen molar-refractivity contribution in [2.24, 2.45) is 0 Å². The third-order valence-corrected chi connectivity index (χ3v) is 1.06. The summed E-state index contributed by atoms with van der Waals surface area (Å²) < 4.78 is 0. The summed E-state index contributed by atoms with van der Waals surface area (Å²) in [7, 11) is 0.475. The van der Waals surface area contributed by atoms with Crippen LogP contribution < -0.4 is 0 Å². The van der Waals surface area contributed by atoms with Gasteiger partial charge < -0.3 is 0 Å². The Bertz CT molecular complexity index is 42.2. The van der Waals surface area contributed by atoms with E-state index in [1.165, 1.54) is 0 Å². The van der Waals surface area contributed by atoms with Crippen LogP contribution >= 0.6 is 8.58 Å². The van der Waals surface area contributed by atoms with E-state index in [1.807, 2.05) is 6.66 Å². The normalized spacial score (nSPS) is 10.0. The molecule has 0 aromatic rings. The van der Waals surface area contributed by atoms with Crippen LogP contribution in [0, 0.1) is 0 Å². The maximum atomic E-state index is 9.82. The van der Waals surface area contributed by atoms with Crippen molar-refractivity contribution < 1.29 is 4.79 Å². The molecule has 0 saturated carbocycles. The van der Waals surface area contributed by atoms with Crippen molar-refractivity contribution in [3.05, 3.63) is 0 Å². The molecule has 30 valence electrons. The fourth-order valence-electron chi connectivity index (χ4n) is 0. The molecule has 0 amide bonds. The van der Waals surface area contributed by atoms with Gasteiger partial charge in [-0.25, -0.2) is 0 Å². The van der Waals surface area contributed by atoms with Crippen LogP contribution in [0.2, 0.25) is 0 Å². The summed E-state index contributed by atoms with van der Waals surface area (Å²) in [6.45, 7) is 3.47. The Morgan fingerprint density at radius 1 is 1.80 bits per heavy atom. The Hall–Kier alpha value is 0.100. The average Bonchev–Trinajstić information content (AvgIpc) is 1.38. The van der Waals surface area contributed by atoms with Crippen LogP contribution in [0.4, 0.5) is 0 Å². The van der Waals surface area contributed by atoms with E-state index in [0.717, 1.165) is 0 Å². The van der Waals surface area contributed by atoms with Crippen LogP contribution in [-0.4, -0.2) is 12.2 Å². The molecule has 0 aromatic carbocycles. The van der Waals surface area contributed by atoms with Gasteiger partial charge in [0.15, 0.2) is 0 Å². The highest BCUT2D eigenvalue weighted by Crippen LogP contribution is 1.99. The van der Waals surface area contributed by atoms with Crippen molar-refractivity contribution in [1.82, 2.24) is 0 Å². The van der Waals surface area contributed by atoms with E-state index < -0.39 is 0 Å². The highest BCUT2D eigenvalue weighted by Gasteiger charge is 1.76. The van der Waals surface area contributed by atoms with Crippen LogP contribution in [0.5, 0.6) is 0 Å². The predicted octanol–water partition coefficient (Wildman–Crippen LogP) is 0.841. The van der Waals surface area contributed by atoms with Crippen LogP contribution in [0.15, 0.2) is 0 Å². The fraction of sp³-hybridized carbons (Fsp3) is 0.667. The van der Waals surface area contributed by atoms with Crippen LogP contribution in [-0.2, 0) is 4.79 Å². The zero-order chi connectivity index (χ0) is 4.28. The molecule has 1 atom stereocenters. The van der Waals surface area contributed by atoms with Crippen molar-refractivity contribution in [2.45, 2.75) is 6.92 Å². The lowest BCUT2D eigenvalue weighted by molar-refractivity contribution is -0.109. The third kappa shape index (κ3) is 4.10. The summed E-state index contributed by atoms with van der Waals surface area (Å²) in [4.78, 5) is 9.82. The first-order chi connectivity index (χ1) is 2.27. The van der Waals surface area contributed by atoms with E-state index in [1.54, 1.807) is 6.92 Å². The SMILES string of the molecule is CPC(C)=O. The van der Waals surface area contributed by atoms with Gasteiger partial charge in [-0.3, -0.25) is 4.79 Å². The summed E-state index contributed by atoms with van der Waals surface area (Å²) in [5.41, 5.74) is 0.282. The topological polar surface area (TPSA) is 17.1 Å². The highest BCUT2D eigenvalue weighted by molar-refractivity contribution is 7.56. The zero-order valence-electron chi connectivity index (χ0n) is 3.41. The summed E-state index contributed by atoms with van der Waals surface area (Å²) in [5, 5.41) is 0. The first-order valence-corrected chi connectivity index (χ1v) is 2.95. The minimum atomic E-state index is 0.282. The largest absolute Gasteiger partial charge is 0.295 e. The summed E-state index contributed by atoms with van der Waals surface area (Å²) in [6.07, 6.45) is 0. The van der Waals surface area contributed by atoms with E-state index in [9.17, 15) is 4.79 Å². The van der Waals surface area contributed by atoms with Gasteiger partial charge in [-0.1, -0.05) is 8.58 Å². The van der Waals surface area contributed by atoms with E-state index in [-0.39, 0.29) is 5.52 Å². The molecule has 0 rings (SSSR count). The lowest BCUT2D eigenvalue weighted by Gasteiger charge is -1.72. The maximum absolute atomic E-state index is 9.82. The maximum Gasteiger partial charge on any atom is 0.148 e. The second-order valence-corrected chi connectivity index (χ2v) is 2.01. The van der Waals surface area contributed by atoms with Gasteiger partial charge in [0.25, 0.3) is 0 Å². The Balaban J connectivity index is 2.85. The first kappa shape index (κ1) is 5.10. The molecule has 0 aliphatic heterocycles. The molecule has 0 radical (unpaired) electrons. The second-order valence-electron chi connectivity index (χ2n) is 0.806. The molecule has 0 spiro atoms. The average molecular weight is 90.1 g/mol. The third-order valence-electron chi connectivity index (χ3n) is 0.352. The molecule has 5 heavy (non-hydrogen) atoms. The summed E-state index contributed by atoms with van der Waals surface area (Å²) in [6, 6.07) is 0. The van der Waals surface area contributed by atoms with Crippen molar-refractivity contribution in [2.75, 3.05) is 6.66 Å². The smallest absolute Gasteiger partial charge is 0.148 e. The van der Waals surface area contributed by atoms with Gasteiger partial charge >= 0.3 is 0 Å². The zero-order valence-corrected chi connectivity index (χ0v) is 4.41. The van der Waals surface area contributed by atoms with Crippen LogP contribution in [0.1, 0.15) is 6.92 Å². The molecule has 0 N–H and O–H groups in total. The lowest BCUT2D eigenvalue weighted by Crippen LogP contribution is -1.68. The molecule has 0 bridgehead atoms. The molecule has 1 nitrogen and oxygen atoms in total. The van der Waals surface area contributed by atoms with E-state index in [4.69, 9.17) is 0 Å². The Morgan fingerprint density at radius 2 is 2.00 bits per heavy atom. The molecule has 0 aliphatic carbocycles. The van der Waals surface area contributed by atoms with Gasteiger partial charge in [-0.15, -0.1) is 0 Å². The number of rotatable bonds is 1. The van der Waals surface area contributed by atoms with Crippen molar-refractivity contribution in [3.8, 4) is 0 Å². The molecule has 0 aromatic heterocycles. The number of carbonyl (C=O) groups excluding carboxylic acids is 1.